The van der Waals surface area contributed by atoms with Crippen molar-refractivity contribution in [2.45, 2.75) is 64.0 Å². The molecular weight excluding hydrogens is 380 g/mol. The van der Waals surface area contributed by atoms with Crippen LogP contribution in [0.25, 0.3) is 0 Å². The molecule has 2 aliphatic rings. The summed E-state index contributed by atoms with van der Waals surface area (Å²) in [6.07, 6.45) is 5.74. The van der Waals surface area contributed by atoms with Gasteiger partial charge in [-0.3, -0.25) is 14.4 Å². The smallest absolute Gasteiger partial charge is 0.227 e. The summed E-state index contributed by atoms with van der Waals surface area (Å²) in [4.78, 5) is 37.7. The molecule has 2 amide bonds. The lowest BCUT2D eigenvalue weighted by Crippen LogP contribution is -2.54. The zero-order chi connectivity index (χ0) is 21.7. The second kappa shape index (κ2) is 9.92. The van der Waals surface area contributed by atoms with Crippen LogP contribution >= 0.6 is 0 Å². The summed E-state index contributed by atoms with van der Waals surface area (Å²) in [5.74, 6) is -0.667. The van der Waals surface area contributed by atoms with Crippen molar-refractivity contribution in [2.24, 2.45) is 11.8 Å². The lowest BCUT2D eigenvalue weighted by atomic mass is 9.77. The molecule has 0 unspecified atom stereocenters. The molecule has 2 N–H and O–H groups in total. The van der Waals surface area contributed by atoms with Crippen LogP contribution in [0.5, 0.6) is 0 Å². The van der Waals surface area contributed by atoms with Gasteiger partial charge in [-0.15, -0.1) is 0 Å². The number of ether oxygens (including phenoxy) is 1. The highest BCUT2D eigenvalue weighted by Crippen LogP contribution is 2.38. The summed E-state index contributed by atoms with van der Waals surface area (Å²) < 4.78 is 5.33. The van der Waals surface area contributed by atoms with Crippen molar-refractivity contribution in [2.75, 3.05) is 7.11 Å². The fourth-order valence-corrected chi connectivity index (χ4v) is 4.78. The molecule has 1 aromatic carbocycles. The van der Waals surface area contributed by atoms with Gasteiger partial charge in [0.2, 0.25) is 11.8 Å². The van der Waals surface area contributed by atoms with E-state index < -0.39 is 5.92 Å². The molecular formula is C24H32N2O4. The van der Waals surface area contributed by atoms with E-state index in [1.165, 1.54) is 14.0 Å². The molecule has 6 heteroatoms. The van der Waals surface area contributed by atoms with E-state index in [4.69, 9.17) is 4.74 Å². The lowest BCUT2D eigenvalue weighted by molar-refractivity contribution is -0.127. The number of carbonyl (C=O) groups excluding carboxylic acids is 3. The molecule has 6 nitrogen and oxygen atoms in total. The van der Waals surface area contributed by atoms with Crippen LogP contribution in [0.15, 0.2) is 42.2 Å². The molecule has 0 saturated heterocycles. The van der Waals surface area contributed by atoms with Gasteiger partial charge in [-0.25, -0.2) is 0 Å². The van der Waals surface area contributed by atoms with Crippen LogP contribution in [-0.4, -0.2) is 36.8 Å². The van der Waals surface area contributed by atoms with Crippen molar-refractivity contribution in [3.8, 4) is 0 Å². The monoisotopic (exact) mass is 412 g/mol. The highest BCUT2D eigenvalue weighted by Gasteiger charge is 2.38. The molecule has 0 heterocycles. The van der Waals surface area contributed by atoms with E-state index in [0.29, 0.717) is 6.42 Å². The molecule has 0 spiro atoms. The average Bonchev–Trinajstić information content (AvgIpc) is 2.86. The Morgan fingerprint density at radius 1 is 1.03 bits per heavy atom. The maximum absolute atomic E-state index is 13.4. The average molecular weight is 413 g/mol. The Labute approximate surface area is 178 Å². The molecule has 0 aromatic heterocycles. The normalized spacial score (nSPS) is 29.4. The summed E-state index contributed by atoms with van der Waals surface area (Å²) in [7, 11) is 1.47. The van der Waals surface area contributed by atoms with Gasteiger partial charge in [0.05, 0.1) is 13.0 Å². The van der Waals surface area contributed by atoms with Crippen molar-refractivity contribution >= 4 is 17.6 Å². The Kier molecular flexibility index (Phi) is 7.29. The minimum atomic E-state index is -0.489. The number of benzene rings is 1. The summed E-state index contributed by atoms with van der Waals surface area (Å²) in [6.45, 7) is 3.53. The van der Waals surface area contributed by atoms with Crippen LogP contribution in [0.3, 0.4) is 0 Å². The largest absolute Gasteiger partial charge is 0.493 e. The summed E-state index contributed by atoms with van der Waals surface area (Å²) >= 11 is 0. The maximum atomic E-state index is 13.4. The Hall–Kier alpha value is -2.63. The second-order valence-corrected chi connectivity index (χ2v) is 8.47. The molecule has 5 atom stereocenters. The molecule has 1 aromatic rings. The molecule has 2 aliphatic carbocycles. The molecule has 1 saturated carbocycles. The molecule has 30 heavy (non-hydrogen) atoms. The first-order valence-electron chi connectivity index (χ1n) is 10.8. The maximum Gasteiger partial charge on any atom is 0.227 e. The molecule has 0 aliphatic heterocycles. The number of hydrogen-bond donors (Lipinski definition) is 2. The van der Waals surface area contributed by atoms with Gasteiger partial charge in [0, 0.05) is 25.4 Å². The van der Waals surface area contributed by atoms with Crippen molar-refractivity contribution in [1.82, 2.24) is 10.6 Å². The number of methoxy groups -OCH3 is 1. The van der Waals surface area contributed by atoms with Gasteiger partial charge in [0.25, 0.3) is 0 Å². The quantitative estimate of drug-likeness (QED) is 0.778. The van der Waals surface area contributed by atoms with Crippen molar-refractivity contribution in [3.63, 3.8) is 0 Å². The van der Waals surface area contributed by atoms with Crippen LogP contribution in [0.1, 0.15) is 57.4 Å². The van der Waals surface area contributed by atoms with Crippen LogP contribution in [0.4, 0.5) is 0 Å². The summed E-state index contributed by atoms with van der Waals surface area (Å²) in [6, 6.07) is 9.72. The zero-order valence-electron chi connectivity index (χ0n) is 18.0. The molecule has 1 fully saturated rings. The number of hydrogen-bond acceptors (Lipinski definition) is 4. The number of ketones is 1. The van der Waals surface area contributed by atoms with Gasteiger partial charge in [-0.05, 0) is 36.3 Å². The number of allylic oxidation sites excluding steroid dienone is 1. The highest BCUT2D eigenvalue weighted by atomic mass is 16.5. The van der Waals surface area contributed by atoms with Crippen molar-refractivity contribution in [1.29, 1.82) is 0 Å². The van der Waals surface area contributed by atoms with Crippen LogP contribution in [0, 0.1) is 11.8 Å². The molecule has 3 rings (SSSR count). The predicted octanol–water partition coefficient (Wildman–Crippen LogP) is 3.09. The highest BCUT2D eigenvalue weighted by molar-refractivity contribution is 5.96. The Morgan fingerprint density at radius 3 is 2.27 bits per heavy atom. The molecule has 0 bridgehead atoms. The standard InChI is InChI=1S/C24H32N2O4/c1-15-18(17-9-5-4-6-10-17)13-22(28)23(30-3)14-19(15)24(29)26-21-12-8-7-11-20(21)25-16(2)27/h4-6,9-10,14-15,18-21H,7-8,11-13H2,1-3H3,(H,25,27)(H,26,29)/t15-,18+,19-,20+,21+/m1/s1. The SMILES string of the molecule is COC1=C[C@@H](C(=O)N[C@H]2CCCC[C@@H]2NC(C)=O)[C@H](C)[C@@H](c2ccccc2)CC1=O. The number of rotatable bonds is 5. The van der Waals surface area contributed by atoms with Gasteiger partial charge >= 0.3 is 0 Å². The Morgan fingerprint density at radius 2 is 1.67 bits per heavy atom. The second-order valence-electron chi connectivity index (χ2n) is 8.47. The summed E-state index contributed by atoms with van der Waals surface area (Å²) in [5.41, 5.74) is 1.05. The predicted molar refractivity (Wildman–Crippen MR) is 115 cm³/mol. The first-order chi connectivity index (χ1) is 14.4. The van der Waals surface area contributed by atoms with Crippen LogP contribution in [-0.2, 0) is 19.1 Å². The third kappa shape index (κ3) is 5.10. The van der Waals surface area contributed by atoms with Gasteiger partial charge < -0.3 is 15.4 Å². The Balaban J connectivity index is 1.84. The van der Waals surface area contributed by atoms with Gasteiger partial charge in [-0.2, -0.15) is 0 Å². The zero-order valence-corrected chi connectivity index (χ0v) is 18.0. The number of Topliss-reactive ketones (excluding diaryl/α,β-unsaturated/α-hetero) is 1. The van der Waals surface area contributed by atoms with E-state index >= 15 is 0 Å². The first-order valence-corrected chi connectivity index (χ1v) is 10.8. The van der Waals surface area contributed by atoms with E-state index in [2.05, 4.69) is 10.6 Å². The lowest BCUT2D eigenvalue weighted by Gasteiger charge is -2.34. The van der Waals surface area contributed by atoms with Gasteiger partial charge in [0.1, 0.15) is 0 Å². The minimum absolute atomic E-state index is 0.0567. The van der Waals surface area contributed by atoms with Crippen molar-refractivity contribution < 1.29 is 19.1 Å². The Bertz CT molecular complexity index is 805. The van der Waals surface area contributed by atoms with E-state index in [0.717, 1.165) is 31.2 Å². The first kappa shape index (κ1) is 22.1. The van der Waals surface area contributed by atoms with Gasteiger partial charge in [0.15, 0.2) is 11.5 Å². The van der Waals surface area contributed by atoms with Crippen LogP contribution < -0.4 is 10.6 Å². The van der Waals surface area contributed by atoms with E-state index in [1.807, 2.05) is 37.3 Å². The number of nitrogens with one attached hydrogen (secondary N) is 2. The molecule has 0 radical (unpaired) electrons. The molecule has 162 valence electrons. The van der Waals surface area contributed by atoms with E-state index in [9.17, 15) is 14.4 Å². The minimum Gasteiger partial charge on any atom is -0.493 e. The van der Waals surface area contributed by atoms with E-state index in [1.54, 1.807) is 6.08 Å². The number of amides is 2. The fraction of sp³-hybridized carbons (Fsp3) is 0.542. The third-order valence-corrected chi connectivity index (χ3v) is 6.44. The van der Waals surface area contributed by atoms with Crippen LogP contribution in [0.2, 0.25) is 0 Å². The van der Waals surface area contributed by atoms with Gasteiger partial charge in [-0.1, -0.05) is 50.1 Å². The van der Waals surface area contributed by atoms with Crippen molar-refractivity contribution in [3.05, 3.63) is 47.7 Å². The summed E-state index contributed by atoms with van der Waals surface area (Å²) in [5, 5.41) is 6.15. The topological polar surface area (TPSA) is 84.5 Å². The third-order valence-electron chi connectivity index (χ3n) is 6.44. The number of carbonyl (C=O) groups is 3. The fourth-order valence-electron chi connectivity index (χ4n) is 4.78. The van der Waals surface area contributed by atoms with E-state index in [-0.39, 0.29) is 47.3 Å².